The SMILES string of the molecule is COC(=O)[C@@H]1CC[C@H]1C(=O)O. The number of hydrogen-bond acceptors (Lipinski definition) is 3. The van der Waals surface area contributed by atoms with Gasteiger partial charge < -0.3 is 9.84 Å². The normalized spacial score (nSPS) is 28.8. The summed E-state index contributed by atoms with van der Waals surface area (Å²) in [6, 6.07) is 0. The van der Waals surface area contributed by atoms with Crippen LogP contribution in [0.25, 0.3) is 0 Å². The molecule has 4 nitrogen and oxygen atoms in total. The van der Waals surface area contributed by atoms with E-state index >= 15 is 0 Å². The second kappa shape index (κ2) is 2.90. The maximum atomic E-state index is 10.8. The molecule has 2 atom stereocenters. The molecule has 0 spiro atoms. The number of esters is 1. The second-order valence-corrected chi connectivity index (χ2v) is 2.65. The summed E-state index contributed by atoms with van der Waals surface area (Å²) in [4.78, 5) is 21.2. The van der Waals surface area contributed by atoms with Crippen molar-refractivity contribution in [3.05, 3.63) is 0 Å². The van der Waals surface area contributed by atoms with Crippen LogP contribution in [0.3, 0.4) is 0 Å². The fourth-order valence-electron chi connectivity index (χ4n) is 1.23. The largest absolute Gasteiger partial charge is 0.481 e. The summed E-state index contributed by atoms with van der Waals surface area (Å²) in [5, 5.41) is 8.54. The van der Waals surface area contributed by atoms with Crippen molar-refractivity contribution in [3.8, 4) is 0 Å². The van der Waals surface area contributed by atoms with Crippen molar-refractivity contribution in [3.63, 3.8) is 0 Å². The molecule has 1 aliphatic rings. The first-order valence-corrected chi connectivity index (χ1v) is 3.47. The van der Waals surface area contributed by atoms with Gasteiger partial charge in [-0.2, -0.15) is 0 Å². The molecule has 4 heteroatoms. The van der Waals surface area contributed by atoms with Crippen LogP contribution in [0.5, 0.6) is 0 Å². The number of carbonyl (C=O) groups is 2. The molecule has 0 amide bonds. The minimum atomic E-state index is -0.897. The van der Waals surface area contributed by atoms with E-state index in [1.807, 2.05) is 0 Å². The summed E-state index contributed by atoms with van der Waals surface area (Å²) in [6.45, 7) is 0. The van der Waals surface area contributed by atoms with E-state index in [1.165, 1.54) is 7.11 Å². The Labute approximate surface area is 64.2 Å². The summed E-state index contributed by atoms with van der Waals surface area (Å²) in [6.07, 6.45) is 1.23. The van der Waals surface area contributed by atoms with Crippen molar-refractivity contribution in [2.24, 2.45) is 11.8 Å². The zero-order valence-corrected chi connectivity index (χ0v) is 6.24. The monoisotopic (exact) mass is 158 g/mol. The first-order chi connectivity index (χ1) is 5.16. The van der Waals surface area contributed by atoms with Gasteiger partial charge in [0.2, 0.25) is 0 Å². The molecule has 0 saturated heterocycles. The Morgan fingerprint density at radius 2 is 1.91 bits per heavy atom. The predicted molar refractivity (Wildman–Crippen MR) is 35.9 cm³/mol. The topological polar surface area (TPSA) is 63.6 Å². The maximum absolute atomic E-state index is 10.8. The quantitative estimate of drug-likeness (QED) is 0.586. The zero-order valence-electron chi connectivity index (χ0n) is 6.24. The van der Waals surface area contributed by atoms with Gasteiger partial charge in [-0.1, -0.05) is 0 Å². The number of methoxy groups -OCH3 is 1. The van der Waals surface area contributed by atoms with Crippen molar-refractivity contribution >= 4 is 11.9 Å². The van der Waals surface area contributed by atoms with E-state index in [9.17, 15) is 9.59 Å². The highest BCUT2D eigenvalue weighted by Gasteiger charge is 2.42. The average Bonchev–Trinajstić information content (AvgIpc) is 1.83. The van der Waals surface area contributed by atoms with Crippen LogP contribution in [0.1, 0.15) is 12.8 Å². The molecule has 11 heavy (non-hydrogen) atoms. The standard InChI is InChI=1S/C7H10O4/c1-11-7(10)5-3-2-4(5)6(8)9/h4-5H,2-3H2,1H3,(H,8,9)/t4-,5-/m1/s1. The fraction of sp³-hybridized carbons (Fsp3) is 0.714. The molecule has 1 saturated carbocycles. The number of hydrogen-bond donors (Lipinski definition) is 1. The van der Waals surface area contributed by atoms with Gasteiger partial charge >= 0.3 is 11.9 Å². The van der Waals surface area contributed by atoms with Gasteiger partial charge in [0.05, 0.1) is 18.9 Å². The molecule has 0 heterocycles. The van der Waals surface area contributed by atoms with Crippen LogP contribution in [-0.4, -0.2) is 24.2 Å². The fourth-order valence-corrected chi connectivity index (χ4v) is 1.23. The molecule has 1 aliphatic carbocycles. The Morgan fingerprint density at radius 1 is 1.36 bits per heavy atom. The van der Waals surface area contributed by atoms with Crippen LogP contribution in [-0.2, 0) is 14.3 Å². The molecule has 0 bridgehead atoms. The van der Waals surface area contributed by atoms with Gasteiger partial charge in [-0.15, -0.1) is 0 Å². The maximum Gasteiger partial charge on any atom is 0.309 e. The van der Waals surface area contributed by atoms with E-state index in [2.05, 4.69) is 4.74 Å². The first-order valence-electron chi connectivity index (χ1n) is 3.47. The van der Waals surface area contributed by atoms with Gasteiger partial charge in [0.25, 0.3) is 0 Å². The average molecular weight is 158 g/mol. The number of carboxylic acid groups (broad SMARTS) is 1. The number of carbonyl (C=O) groups excluding carboxylic acids is 1. The van der Waals surface area contributed by atoms with Crippen molar-refractivity contribution in [1.82, 2.24) is 0 Å². The van der Waals surface area contributed by atoms with E-state index in [4.69, 9.17) is 5.11 Å². The minimum Gasteiger partial charge on any atom is -0.481 e. The number of aliphatic carboxylic acids is 1. The Hall–Kier alpha value is -1.06. The van der Waals surface area contributed by atoms with Crippen LogP contribution in [0.15, 0.2) is 0 Å². The molecule has 0 radical (unpaired) electrons. The Morgan fingerprint density at radius 3 is 2.18 bits per heavy atom. The van der Waals surface area contributed by atoms with E-state index in [0.717, 1.165) is 0 Å². The molecule has 0 aromatic rings. The Bertz CT molecular complexity index is 187. The summed E-state index contributed by atoms with van der Waals surface area (Å²) in [7, 11) is 1.28. The van der Waals surface area contributed by atoms with Gasteiger partial charge in [0.1, 0.15) is 0 Å². The van der Waals surface area contributed by atoms with Crippen LogP contribution in [0, 0.1) is 11.8 Å². The zero-order chi connectivity index (χ0) is 8.43. The van der Waals surface area contributed by atoms with E-state index < -0.39 is 23.8 Å². The molecule has 0 aromatic heterocycles. The molecular weight excluding hydrogens is 148 g/mol. The second-order valence-electron chi connectivity index (χ2n) is 2.65. The third kappa shape index (κ3) is 1.34. The van der Waals surface area contributed by atoms with Gasteiger partial charge in [0, 0.05) is 0 Å². The van der Waals surface area contributed by atoms with Gasteiger partial charge in [-0.05, 0) is 12.8 Å². The smallest absolute Gasteiger partial charge is 0.309 e. The first kappa shape index (κ1) is 8.04. The van der Waals surface area contributed by atoms with E-state index in [0.29, 0.717) is 12.8 Å². The van der Waals surface area contributed by atoms with Crippen molar-refractivity contribution < 1.29 is 19.4 Å². The third-order valence-corrected chi connectivity index (χ3v) is 2.10. The highest BCUT2D eigenvalue weighted by Crippen LogP contribution is 2.35. The van der Waals surface area contributed by atoms with Crippen LogP contribution < -0.4 is 0 Å². The summed E-state index contributed by atoms with van der Waals surface area (Å²) >= 11 is 0. The third-order valence-electron chi connectivity index (χ3n) is 2.10. The lowest BCUT2D eigenvalue weighted by molar-refractivity contribution is -0.162. The number of rotatable bonds is 2. The van der Waals surface area contributed by atoms with Crippen LogP contribution >= 0.6 is 0 Å². The highest BCUT2D eigenvalue weighted by atomic mass is 16.5. The molecule has 62 valence electrons. The van der Waals surface area contributed by atoms with Crippen LogP contribution in [0.2, 0.25) is 0 Å². The lowest BCUT2D eigenvalue weighted by Crippen LogP contribution is -2.38. The highest BCUT2D eigenvalue weighted by molar-refractivity contribution is 5.82. The molecule has 1 rings (SSSR count). The Kier molecular flexibility index (Phi) is 2.12. The predicted octanol–water partition coefficient (Wildman–Crippen LogP) is 0.270. The van der Waals surface area contributed by atoms with Crippen LogP contribution in [0.4, 0.5) is 0 Å². The molecule has 1 fully saturated rings. The number of carboxylic acids is 1. The van der Waals surface area contributed by atoms with Crippen molar-refractivity contribution in [2.45, 2.75) is 12.8 Å². The summed E-state index contributed by atoms with van der Waals surface area (Å²) in [5.74, 6) is -2.21. The number of ether oxygens (including phenoxy) is 1. The molecular formula is C7H10O4. The molecule has 0 aromatic carbocycles. The summed E-state index contributed by atoms with van der Waals surface area (Å²) in [5.41, 5.74) is 0. The summed E-state index contributed by atoms with van der Waals surface area (Å²) < 4.78 is 4.43. The molecule has 0 aliphatic heterocycles. The lowest BCUT2D eigenvalue weighted by Gasteiger charge is -2.30. The Balaban J connectivity index is 2.49. The van der Waals surface area contributed by atoms with E-state index in [1.54, 1.807) is 0 Å². The molecule has 0 unspecified atom stereocenters. The van der Waals surface area contributed by atoms with Gasteiger partial charge in [-0.3, -0.25) is 9.59 Å². The minimum absolute atomic E-state index is 0.399. The van der Waals surface area contributed by atoms with Gasteiger partial charge in [0.15, 0.2) is 0 Å². The lowest BCUT2D eigenvalue weighted by atomic mass is 9.74. The van der Waals surface area contributed by atoms with Crippen molar-refractivity contribution in [1.29, 1.82) is 0 Å². The van der Waals surface area contributed by atoms with Crippen molar-refractivity contribution in [2.75, 3.05) is 7.11 Å². The molecule has 1 N–H and O–H groups in total. The van der Waals surface area contributed by atoms with Gasteiger partial charge in [-0.25, -0.2) is 0 Å². The van der Waals surface area contributed by atoms with E-state index in [-0.39, 0.29) is 0 Å².